The van der Waals surface area contributed by atoms with E-state index in [0.29, 0.717) is 11.0 Å². The second kappa shape index (κ2) is 6.83. The van der Waals surface area contributed by atoms with Gasteiger partial charge in [0.05, 0.1) is 4.99 Å². The van der Waals surface area contributed by atoms with Gasteiger partial charge in [-0.25, -0.2) is 0 Å². The lowest BCUT2D eigenvalue weighted by Gasteiger charge is -2.37. The Hall–Kier alpha value is -0.190. The fourth-order valence-electron chi connectivity index (χ4n) is 2.37. The summed E-state index contributed by atoms with van der Waals surface area (Å²) in [5, 5.41) is 0. The van der Waals surface area contributed by atoms with E-state index in [-0.39, 0.29) is 5.41 Å². The maximum Gasteiger partial charge on any atom is 0.0784 e. The Labute approximate surface area is 118 Å². The number of hydrogen-bond donors (Lipinski definition) is 1. The predicted octanol–water partition coefficient (Wildman–Crippen LogP) is 2.10. The third-order valence-corrected chi connectivity index (χ3v) is 4.63. The van der Waals surface area contributed by atoms with Gasteiger partial charge in [-0.2, -0.15) is 0 Å². The van der Waals surface area contributed by atoms with Crippen molar-refractivity contribution >= 4 is 17.2 Å². The Balaban J connectivity index is 2.21. The van der Waals surface area contributed by atoms with Crippen LogP contribution in [0.1, 0.15) is 40.5 Å². The molecular formula is C14H29N3S. The quantitative estimate of drug-likeness (QED) is 0.750. The molecule has 0 saturated carbocycles. The first kappa shape index (κ1) is 15.9. The van der Waals surface area contributed by atoms with Gasteiger partial charge < -0.3 is 10.6 Å². The van der Waals surface area contributed by atoms with Gasteiger partial charge in [0.2, 0.25) is 0 Å². The molecule has 0 bridgehead atoms. The SMILES string of the molecule is CC(C)N1CCN(CCCC(C)(C)C(N)=S)CC1. The summed E-state index contributed by atoms with van der Waals surface area (Å²) in [5.41, 5.74) is 5.76. The molecular weight excluding hydrogens is 242 g/mol. The van der Waals surface area contributed by atoms with Gasteiger partial charge in [0.1, 0.15) is 0 Å². The van der Waals surface area contributed by atoms with Crippen LogP contribution in [0.5, 0.6) is 0 Å². The van der Waals surface area contributed by atoms with Crippen LogP contribution in [0.4, 0.5) is 0 Å². The highest BCUT2D eigenvalue weighted by atomic mass is 32.1. The molecule has 0 unspecified atom stereocenters. The monoisotopic (exact) mass is 271 g/mol. The van der Waals surface area contributed by atoms with Gasteiger partial charge in [0, 0.05) is 37.6 Å². The molecule has 1 heterocycles. The van der Waals surface area contributed by atoms with E-state index in [2.05, 4.69) is 37.5 Å². The van der Waals surface area contributed by atoms with Crippen LogP contribution >= 0.6 is 12.2 Å². The average molecular weight is 271 g/mol. The highest BCUT2D eigenvalue weighted by molar-refractivity contribution is 7.80. The van der Waals surface area contributed by atoms with Gasteiger partial charge in [0.15, 0.2) is 0 Å². The third kappa shape index (κ3) is 4.82. The second-order valence-electron chi connectivity index (χ2n) is 6.32. The van der Waals surface area contributed by atoms with Crippen LogP contribution in [0.3, 0.4) is 0 Å². The molecule has 2 N–H and O–H groups in total. The minimum Gasteiger partial charge on any atom is -0.393 e. The minimum atomic E-state index is 0.00902. The Bertz CT molecular complexity index is 268. The highest BCUT2D eigenvalue weighted by Gasteiger charge is 2.22. The van der Waals surface area contributed by atoms with E-state index in [1.165, 1.54) is 39.1 Å². The van der Waals surface area contributed by atoms with Gasteiger partial charge in [-0.05, 0) is 33.2 Å². The maximum absolute atomic E-state index is 5.75. The van der Waals surface area contributed by atoms with Crippen molar-refractivity contribution in [3.63, 3.8) is 0 Å². The van der Waals surface area contributed by atoms with Crippen molar-refractivity contribution in [2.75, 3.05) is 32.7 Å². The standard InChI is InChI=1S/C14H29N3S/c1-12(2)17-10-8-16(9-11-17)7-5-6-14(3,4)13(15)18/h12H,5-11H2,1-4H3,(H2,15,18). The molecule has 3 nitrogen and oxygen atoms in total. The molecule has 0 aromatic carbocycles. The Morgan fingerprint density at radius 3 is 2.22 bits per heavy atom. The molecule has 1 fully saturated rings. The molecule has 0 radical (unpaired) electrons. The summed E-state index contributed by atoms with van der Waals surface area (Å²) < 4.78 is 0. The zero-order chi connectivity index (χ0) is 13.8. The Morgan fingerprint density at radius 1 is 1.22 bits per heavy atom. The van der Waals surface area contributed by atoms with Crippen LogP contribution in [0, 0.1) is 5.41 Å². The summed E-state index contributed by atoms with van der Waals surface area (Å²) in [7, 11) is 0. The molecule has 0 spiro atoms. The number of piperazine rings is 1. The molecule has 18 heavy (non-hydrogen) atoms. The molecule has 0 aromatic heterocycles. The molecule has 1 aliphatic heterocycles. The number of nitrogens with zero attached hydrogens (tertiary/aromatic N) is 2. The predicted molar refractivity (Wildman–Crippen MR) is 82.9 cm³/mol. The molecule has 0 aromatic rings. The van der Waals surface area contributed by atoms with Crippen LogP contribution in [-0.4, -0.2) is 53.6 Å². The lowest BCUT2D eigenvalue weighted by molar-refractivity contribution is 0.106. The summed E-state index contributed by atoms with van der Waals surface area (Å²) in [6.45, 7) is 14.8. The molecule has 4 heteroatoms. The van der Waals surface area contributed by atoms with E-state index in [0.717, 1.165) is 6.42 Å². The number of nitrogens with two attached hydrogens (primary N) is 1. The molecule has 0 aliphatic carbocycles. The number of rotatable bonds is 6. The zero-order valence-corrected chi connectivity index (χ0v) is 13.2. The lowest BCUT2D eigenvalue weighted by Crippen LogP contribution is -2.49. The Kier molecular flexibility index (Phi) is 6.02. The first-order valence-corrected chi connectivity index (χ1v) is 7.50. The van der Waals surface area contributed by atoms with Crippen molar-refractivity contribution < 1.29 is 0 Å². The van der Waals surface area contributed by atoms with Crippen molar-refractivity contribution in [1.29, 1.82) is 0 Å². The van der Waals surface area contributed by atoms with Crippen molar-refractivity contribution in [1.82, 2.24) is 9.80 Å². The van der Waals surface area contributed by atoms with Crippen molar-refractivity contribution in [3.05, 3.63) is 0 Å². The molecule has 1 aliphatic rings. The summed E-state index contributed by atoms with van der Waals surface area (Å²) >= 11 is 5.10. The lowest BCUT2D eigenvalue weighted by atomic mass is 9.88. The third-order valence-electron chi connectivity index (χ3n) is 4.08. The van der Waals surface area contributed by atoms with Crippen molar-refractivity contribution in [3.8, 4) is 0 Å². The summed E-state index contributed by atoms with van der Waals surface area (Å²) in [6.07, 6.45) is 2.28. The maximum atomic E-state index is 5.75. The van der Waals surface area contributed by atoms with Gasteiger partial charge >= 0.3 is 0 Å². The smallest absolute Gasteiger partial charge is 0.0784 e. The van der Waals surface area contributed by atoms with E-state index in [4.69, 9.17) is 18.0 Å². The highest BCUT2D eigenvalue weighted by Crippen LogP contribution is 2.22. The fraction of sp³-hybridized carbons (Fsp3) is 0.929. The van der Waals surface area contributed by atoms with Gasteiger partial charge in [0.25, 0.3) is 0 Å². The average Bonchev–Trinajstić information content (AvgIpc) is 2.29. The van der Waals surface area contributed by atoms with E-state index >= 15 is 0 Å². The van der Waals surface area contributed by atoms with E-state index in [1.54, 1.807) is 0 Å². The number of hydrogen-bond acceptors (Lipinski definition) is 3. The molecule has 0 amide bonds. The summed E-state index contributed by atoms with van der Waals surface area (Å²) in [6, 6.07) is 0.681. The second-order valence-corrected chi connectivity index (χ2v) is 6.76. The topological polar surface area (TPSA) is 32.5 Å². The molecule has 0 atom stereocenters. The largest absolute Gasteiger partial charge is 0.393 e. The van der Waals surface area contributed by atoms with Gasteiger partial charge in [-0.1, -0.05) is 26.1 Å². The van der Waals surface area contributed by atoms with E-state index < -0.39 is 0 Å². The minimum absolute atomic E-state index is 0.00902. The Morgan fingerprint density at radius 2 is 1.78 bits per heavy atom. The van der Waals surface area contributed by atoms with Crippen LogP contribution in [0.25, 0.3) is 0 Å². The van der Waals surface area contributed by atoms with Gasteiger partial charge in [-0.15, -0.1) is 0 Å². The first-order valence-electron chi connectivity index (χ1n) is 7.09. The first-order chi connectivity index (χ1) is 8.33. The van der Waals surface area contributed by atoms with E-state index in [1.807, 2.05) is 0 Å². The zero-order valence-electron chi connectivity index (χ0n) is 12.4. The van der Waals surface area contributed by atoms with Crippen LogP contribution < -0.4 is 5.73 Å². The van der Waals surface area contributed by atoms with Crippen LogP contribution in [0.2, 0.25) is 0 Å². The molecule has 1 saturated heterocycles. The molecule has 106 valence electrons. The normalized spacial score (nSPS) is 19.4. The van der Waals surface area contributed by atoms with Crippen LogP contribution in [0.15, 0.2) is 0 Å². The van der Waals surface area contributed by atoms with E-state index in [9.17, 15) is 0 Å². The summed E-state index contributed by atoms with van der Waals surface area (Å²) in [4.78, 5) is 5.76. The summed E-state index contributed by atoms with van der Waals surface area (Å²) in [5.74, 6) is 0. The molecule has 1 rings (SSSR count). The van der Waals surface area contributed by atoms with Crippen molar-refractivity contribution in [2.45, 2.75) is 46.6 Å². The fourth-order valence-corrected chi connectivity index (χ4v) is 2.47. The van der Waals surface area contributed by atoms with Crippen molar-refractivity contribution in [2.24, 2.45) is 11.1 Å². The van der Waals surface area contributed by atoms with Gasteiger partial charge in [-0.3, -0.25) is 4.90 Å². The number of thiocarbonyl (C=S) groups is 1. The van der Waals surface area contributed by atoms with Crippen LogP contribution in [-0.2, 0) is 0 Å².